The molecule has 0 saturated heterocycles. The first-order chi connectivity index (χ1) is 8.89. The van der Waals surface area contributed by atoms with Crippen LogP contribution >= 0.6 is 10.7 Å². The second-order valence-electron chi connectivity index (χ2n) is 4.69. The fourth-order valence-corrected chi connectivity index (χ4v) is 3.36. The van der Waals surface area contributed by atoms with Crippen molar-refractivity contribution >= 4 is 25.7 Å². The molecule has 1 heterocycles. The molecule has 0 spiro atoms. The van der Waals surface area contributed by atoms with Gasteiger partial charge in [-0.25, -0.2) is 13.2 Å². The Morgan fingerprint density at radius 3 is 2.74 bits per heavy atom. The zero-order valence-electron chi connectivity index (χ0n) is 10.5. The van der Waals surface area contributed by atoms with Crippen LogP contribution in [0.3, 0.4) is 0 Å². The first kappa shape index (κ1) is 14.3. The molecule has 1 aliphatic carbocycles. The minimum Gasteiger partial charge on any atom is -0.461 e. The van der Waals surface area contributed by atoms with Crippen LogP contribution in [0.4, 0.5) is 0 Å². The fourth-order valence-electron chi connectivity index (χ4n) is 2.02. The molecule has 1 N–H and O–H groups in total. The molecule has 0 atom stereocenters. The van der Waals surface area contributed by atoms with Gasteiger partial charge in [-0.1, -0.05) is 19.3 Å². The van der Waals surface area contributed by atoms with Gasteiger partial charge in [0.1, 0.15) is 4.90 Å². The number of aryl methyl sites for hydroxylation is 1. The lowest BCUT2D eigenvalue weighted by atomic mass is 9.83. The van der Waals surface area contributed by atoms with Gasteiger partial charge in [-0.05, 0) is 19.3 Å². The zero-order chi connectivity index (χ0) is 14.0. The van der Waals surface area contributed by atoms with E-state index in [4.69, 9.17) is 15.4 Å². The van der Waals surface area contributed by atoms with Crippen molar-refractivity contribution in [3.63, 3.8) is 0 Å². The van der Waals surface area contributed by atoms with E-state index in [0.29, 0.717) is 5.92 Å². The molecule has 1 aliphatic rings. The molecule has 2 rings (SSSR count). The predicted molar refractivity (Wildman–Crippen MR) is 68.6 cm³/mol. The van der Waals surface area contributed by atoms with Gasteiger partial charge in [-0.15, -0.1) is 0 Å². The standard InChI is InChI=1S/C11H15ClN2O4S/c1-7-10(19(12,16)17)9(14-13-7)11(15)18-6-5-8-3-2-4-8/h8H,2-6H2,1H3,(H,13,14). The number of H-pyrrole nitrogens is 1. The number of carbonyl (C=O) groups excluding carboxylic acids is 1. The number of nitrogens with zero attached hydrogens (tertiary/aromatic N) is 1. The van der Waals surface area contributed by atoms with Gasteiger partial charge in [0, 0.05) is 10.7 Å². The van der Waals surface area contributed by atoms with Crippen LogP contribution < -0.4 is 0 Å². The van der Waals surface area contributed by atoms with Crippen molar-refractivity contribution < 1.29 is 17.9 Å². The van der Waals surface area contributed by atoms with E-state index >= 15 is 0 Å². The molecule has 0 bridgehead atoms. The van der Waals surface area contributed by atoms with Crippen LogP contribution in [0, 0.1) is 12.8 Å². The lowest BCUT2D eigenvalue weighted by molar-refractivity contribution is 0.0453. The molecule has 1 saturated carbocycles. The smallest absolute Gasteiger partial charge is 0.360 e. The molecule has 1 fully saturated rings. The lowest BCUT2D eigenvalue weighted by Crippen LogP contribution is -2.16. The third-order valence-electron chi connectivity index (χ3n) is 3.31. The molecule has 8 heteroatoms. The van der Waals surface area contributed by atoms with Gasteiger partial charge in [0.15, 0.2) is 5.69 Å². The fraction of sp³-hybridized carbons (Fsp3) is 0.636. The molecular formula is C11H15ClN2O4S. The van der Waals surface area contributed by atoms with E-state index in [0.717, 1.165) is 6.42 Å². The van der Waals surface area contributed by atoms with Crippen molar-refractivity contribution in [1.82, 2.24) is 10.2 Å². The molecule has 0 aromatic carbocycles. The number of aromatic nitrogens is 2. The topological polar surface area (TPSA) is 89.1 Å². The number of aromatic amines is 1. The highest BCUT2D eigenvalue weighted by atomic mass is 35.7. The van der Waals surface area contributed by atoms with E-state index in [-0.39, 0.29) is 22.9 Å². The monoisotopic (exact) mass is 306 g/mol. The van der Waals surface area contributed by atoms with Crippen molar-refractivity contribution in [1.29, 1.82) is 0 Å². The maximum absolute atomic E-state index is 11.8. The van der Waals surface area contributed by atoms with Crippen LogP contribution in [0.2, 0.25) is 0 Å². The maximum Gasteiger partial charge on any atom is 0.360 e. The summed E-state index contributed by atoms with van der Waals surface area (Å²) in [6.07, 6.45) is 4.37. The van der Waals surface area contributed by atoms with E-state index in [1.807, 2.05) is 0 Å². The van der Waals surface area contributed by atoms with Crippen LogP contribution in [0.15, 0.2) is 4.90 Å². The first-order valence-electron chi connectivity index (χ1n) is 6.06. The number of carbonyl (C=O) groups is 1. The number of halogens is 1. The molecule has 1 aromatic heterocycles. The Morgan fingerprint density at radius 2 is 2.21 bits per heavy atom. The third-order valence-corrected chi connectivity index (χ3v) is 4.76. The molecule has 106 valence electrons. The average molecular weight is 307 g/mol. The summed E-state index contributed by atoms with van der Waals surface area (Å²) in [5.41, 5.74) is -0.0537. The Kier molecular flexibility index (Phi) is 4.15. The van der Waals surface area contributed by atoms with Crippen LogP contribution in [0.25, 0.3) is 0 Å². The highest BCUT2D eigenvalue weighted by molar-refractivity contribution is 8.13. The Balaban J connectivity index is 2.02. The predicted octanol–water partition coefficient (Wildman–Crippen LogP) is 1.99. The maximum atomic E-state index is 11.8. The van der Waals surface area contributed by atoms with E-state index in [1.165, 1.54) is 26.2 Å². The number of hydrogen-bond donors (Lipinski definition) is 1. The summed E-state index contributed by atoms with van der Waals surface area (Å²) in [4.78, 5) is 11.5. The van der Waals surface area contributed by atoms with Crippen molar-refractivity contribution in [2.24, 2.45) is 5.92 Å². The van der Waals surface area contributed by atoms with Gasteiger partial charge in [-0.2, -0.15) is 5.10 Å². The van der Waals surface area contributed by atoms with Crippen molar-refractivity contribution in [2.75, 3.05) is 6.61 Å². The summed E-state index contributed by atoms with van der Waals surface area (Å²) in [6.45, 7) is 1.75. The molecular weight excluding hydrogens is 292 g/mol. The molecule has 19 heavy (non-hydrogen) atoms. The summed E-state index contributed by atoms with van der Waals surface area (Å²) in [6, 6.07) is 0. The van der Waals surface area contributed by atoms with Crippen LogP contribution in [-0.2, 0) is 13.8 Å². The molecule has 6 nitrogen and oxygen atoms in total. The van der Waals surface area contributed by atoms with E-state index < -0.39 is 15.0 Å². The van der Waals surface area contributed by atoms with E-state index in [9.17, 15) is 13.2 Å². The Labute approximate surface area is 115 Å². The van der Waals surface area contributed by atoms with Gasteiger partial charge in [0.25, 0.3) is 9.05 Å². The number of rotatable bonds is 5. The van der Waals surface area contributed by atoms with Gasteiger partial charge >= 0.3 is 5.97 Å². The number of ether oxygens (including phenoxy) is 1. The Morgan fingerprint density at radius 1 is 1.53 bits per heavy atom. The Hall–Kier alpha value is -1.08. The largest absolute Gasteiger partial charge is 0.461 e. The van der Waals surface area contributed by atoms with Gasteiger partial charge in [0.05, 0.1) is 12.3 Å². The first-order valence-corrected chi connectivity index (χ1v) is 8.37. The molecule has 0 aliphatic heterocycles. The average Bonchev–Trinajstić information content (AvgIpc) is 2.63. The minimum atomic E-state index is -4.02. The molecule has 0 unspecified atom stereocenters. The SMILES string of the molecule is Cc1[nH]nc(C(=O)OCCC2CCC2)c1S(=O)(=O)Cl. The minimum absolute atomic E-state index is 0.223. The summed E-state index contributed by atoms with van der Waals surface area (Å²) in [5.74, 6) is -0.146. The molecule has 0 amide bonds. The number of esters is 1. The highest BCUT2D eigenvalue weighted by Crippen LogP contribution is 2.29. The molecule has 1 aromatic rings. The van der Waals surface area contributed by atoms with Gasteiger partial charge in [0.2, 0.25) is 0 Å². The lowest BCUT2D eigenvalue weighted by Gasteiger charge is -2.24. The second-order valence-corrected chi connectivity index (χ2v) is 7.19. The van der Waals surface area contributed by atoms with E-state index in [1.54, 1.807) is 0 Å². The van der Waals surface area contributed by atoms with Gasteiger partial charge < -0.3 is 4.74 Å². The van der Waals surface area contributed by atoms with Crippen molar-refractivity contribution in [2.45, 2.75) is 37.5 Å². The third kappa shape index (κ3) is 3.27. The Bertz CT molecular complexity index is 578. The van der Waals surface area contributed by atoms with Gasteiger partial charge in [-0.3, -0.25) is 5.10 Å². The summed E-state index contributed by atoms with van der Waals surface area (Å²) < 4.78 is 27.8. The van der Waals surface area contributed by atoms with E-state index in [2.05, 4.69) is 10.2 Å². The second kappa shape index (κ2) is 5.50. The summed E-state index contributed by atoms with van der Waals surface area (Å²) >= 11 is 0. The quantitative estimate of drug-likeness (QED) is 0.664. The number of hydrogen-bond acceptors (Lipinski definition) is 5. The molecule has 0 radical (unpaired) electrons. The van der Waals surface area contributed by atoms with Crippen LogP contribution in [0.1, 0.15) is 41.9 Å². The van der Waals surface area contributed by atoms with Crippen molar-refractivity contribution in [3.8, 4) is 0 Å². The normalized spacial score (nSPS) is 16.1. The van der Waals surface area contributed by atoms with Crippen LogP contribution in [0.5, 0.6) is 0 Å². The van der Waals surface area contributed by atoms with Crippen molar-refractivity contribution in [3.05, 3.63) is 11.4 Å². The van der Waals surface area contributed by atoms with Crippen LogP contribution in [-0.4, -0.2) is 31.2 Å². The summed E-state index contributed by atoms with van der Waals surface area (Å²) in [7, 11) is 1.25. The highest BCUT2D eigenvalue weighted by Gasteiger charge is 2.28. The summed E-state index contributed by atoms with van der Waals surface area (Å²) in [5, 5.41) is 6.08. The zero-order valence-corrected chi connectivity index (χ0v) is 12.1. The number of nitrogens with one attached hydrogen (secondary N) is 1.